The maximum Gasteiger partial charge on any atom is 0.295 e. The monoisotopic (exact) mass is 452 g/mol. The number of imidazole rings is 1. The summed E-state index contributed by atoms with van der Waals surface area (Å²) < 4.78 is 7.05. The lowest BCUT2D eigenvalue weighted by Gasteiger charge is -2.25. The van der Waals surface area contributed by atoms with Crippen LogP contribution in [0, 0.1) is 0 Å². The predicted octanol–water partition coefficient (Wildman–Crippen LogP) is 3.45. The molecule has 9 heteroatoms. The first-order valence-corrected chi connectivity index (χ1v) is 10.4. The fraction of sp³-hybridized carbons (Fsp3) is 0.217. The van der Waals surface area contributed by atoms with Crippen LogP contribution < -0.4 is 4.74 Å². The van der Waals surface area contributed by atoms with Crippen LogP contribution in [-0.2, 0) is 16.1 Å². The number of ketones is 1. The highest BCUT2D eigenvalue weighted by atomic mass is 35.5. The van der Waals surface area contributed by atoms with E-state index in [1.54, 1.807) is 49.2 Å². The summed E-state index contributed by atoms with van der Waals surface area (Å²) in [6.07, 6.45) is 9.02. The van der Waals surface area contributed by atoms with Gasteiger partial charge in [-0.25, -0.2) is 4.98 Å². The highest BCUT2D eigenvalue weighted by molar-refractivity contribution is 6.46. The summed E-state index contributed by atoms with van der Waals surface area (Å²) in [5.41, 5.74) is 0.962. The van der Waals surface area contributed by atoms with Crippen molar-refractivity contribution in [1.82, 2.24) is 19.4 Å². The first-order chi connectivity index (χ1) is 15.5. The number of likely N-dealkylation sites (tertiary alicyclic amines) is 1. The van der Waals surface area contributed by atoms with Crippen molar-refractivity contribution in [1.29, 1.82) is 0 Å². The van der Waals surface area contributed by atoms with Crippen LogP contribution in [0.4, 0.5) is 0 Å². The molecular weight excluding hydrogens is 432 g/mol. The van der Waals surface area contributed by atoms with E-state index < -0.39 is 17.7 Å². The van der Waals surface area contributed by atoms with Crippen molar-refractivity contribution in [2.24, 2.45) is 0 Å². The lowest BCUT2D eigenvalue weighted by atomic mass is 9.96. The molecule has 1 aromatic carbocycles. The standard InChI is InChI=1S/C23H21ClN4O4/c1-32-18-6-5-15(12-17(18)24)21(29)19-20(16-4-2-7-25-13-16)28(23(31)22(19)30)10-3-9-27-11-8-26-14-27/h2,4-8,11-14,20,29H,3,9-10H2,1H3/b21-19+. The molecule has 0 spiro atoms. The summed E-state index contributed by atoms with van der Waals surface area (Å²) in [7, 11) is 1.48. The van der Waals surface area contributed by atoms with Crippen molar-refractivity contribution in [3.05, 3.63) is 83.2 Å². The first kappa shape index (κ1) is 21.6. The van der Waals surface area contributed by atoms with Gasteiger partial charge >= 0.3 is 0 Å². The normalized spacial score (nSPS) is 17.7. The number of aliphatic hydroxyl groups is 1. The Morgan fingerprint density at radius 1 is 1.19 bits per heavy atom. The number of Topliss-reactive ketones (excluding diaryl/α,β-unsaturated/α-hetero) is 1. The van der Waals surface area contributed by atoms with Gasteiger partial charge in [-0.1, -0.05) is 17.7 Å². The van der Waals surface area contributed by atoms with Gasteiger partial charge in [-0.2, -0.15) is 0 Å². The molecule has 0 saturated carbocycles. The van der Waals surface area contributed by atoms with E-state index in [1.165, 1.54) is 18.1 Å². The lowest BCUT2D eigenvalue weighted by Crippen LogP contribution is -2.31. The molecule has 2 aromatic heterocycles. The molecule has 1 N–H and O–H groups in total. The van der Waals surface area contributed by atoms with Gasteiger partial charge in [0.05, 0.1) is 30.1 Å². The zero-order valence-corrected chi connectivity index (χ0v) is 18.1. The van der Waals surface area contributed by atoms with E-state index in [0.29, 0.717) is 36.4 Å². The number of aliphatic hydroxyl groups excluding tert-OH is 1. The second-order valence-electron chi connectivity index (χ2n) is 7.28. The van der Waals surface area contributed by atoms with Gasteiger partial charge < -0.3 is 19.3 Å². The van der Waals surface area contributed by atoms with Crippen LogP contribution in [0.1, 0.15) is 23.6 Å². The predicted molar refractivity (Wildman–Crippen MR) is 118 cm³/mol. The fourth-order valence-corrected chi connectivity index (χ4v) is 4.06. The summed E-state index contributed by atoms with van der Waals surface area (Å²) >= 11 is 6.21. The minimum absolute atomic E-state index is 0.00636. The number of halogens is 1. The Hall–Kier alpha value is -3.65. The molecule has 0 radical (unpaired) electrons. The summed E-state index contributed by atoms with van der Waals surface area (Å²) in [5, 5.41) is 11.4. The molecule has 4 rings (SSSR count). The molecule has 1 aliphatic heterocycles. The average molecular weight is 453 g/mol. The Bertz CT molecular complexity index is 1160. The molecule has 3 heterocycles. The number of hydrogen-bond acceptors (Lipinski definition) is 6. The number of hydrogen-bond donors (Lipinski definition) is 1. The van der Waals surface area contributed by atoms with E-state index in [2.05, 4.69) is 9.97 Å². The van der Waals surface area contributed by atoms with Gasteiger partial charge in [0.25, 0.3) is 11.7 Å². The number of aromatic nitrogens is 3. The van der Waals surface area contributed by atoms with E-state index in [4.69, 9.17) is 16.3 Å². The molecule has 8 nitrogen and oxygen atoms in total. The first-order valence-electron chi connectivity index (χ1n) is 9.99. The molecule has 1 atom stereocenters. The Morgan fingerprint density at radius 2 is 2.03 bits per heavy atom. The minimum Gasteiger partial charge on any atom is -0.507 e. The number of ether oxygens (including phenoxy) is 1. The van der Waals surface area contributed by atoms with E-state index in [9.17, 15) is 14.7 Å². The van der Waals surface area contributed by atoms with Gasteiger partial charge in [0.1, 0.15) is 11.5 Å². The summed E-state index contributed by atoms with van der Waals surface area (Å²) in [4.78, 5) is 35.6. The molecule has 32 heavy (non-hydrogen) atoms. The second kappa shape index (κ2) is 9.23. The van der Waals surface area contributed by atoms with Gasteiger partial charge in [-0.15, -0.1) is 0 Å². The van der Waals surface area contributed by atoms with Crippen molar-refractivity contribution in [3.8, 4) is 5.75 Å². The molecule has 1 amide bonds. The number of carbonyl (C=O) groups excluding carboxylic acids is 2. The summed E-state index contributed by atoms with van der Waals surface area (Å²) in [6.45, 7) is 0.958. The van der Waals surface area contributed by atoms with E-state index >= 15 is 0 Å². The molecule has 0 bridgehead atoms. The molecule has 1 aliphatic rings. The average Bonchev–Trinajstić information content (AvgIpc) is 3.41. The molecule has 3 aromatic rings. The van der Waals surface area contributed by atoms with E-state index in [1.807, 2.05) is 10.8 Å². The maximum atomic E-state index is 13.0. The smallest absolute Gasteiger partial charge is 0.295 e. The van der Waals surface area contributed by atoms with Crippen molar-refractivity contribution >= 4 is 29.1 Å². The SMILES string of the molecule is COc1ccc(/C(O)=C2\C(=O)C(=O)N(CCCn3ccnc3)C2c2cccnc2)cc1Cl. The third kappa shape index (κ3) is 4.09. The maximum absolute atomic E-state index is 13.0. The van der Waals surface area contributed by atoms with Crippen LogP contribution in [0.15, 0.2) is 67.0 Å². The van der Waals surface area contributed by atoms with Crippen molar-refractivity contribution < 1.29 is 19.4 Å². The Morgan fingerprint density at radius 3 is 2.69 bits per heavy atom. The third-order valence-electron chi connectivity index (χ3n) is 5.34. The number of benzene rings is 1. The van der Waals surface area contributed by atoms with Crippen LogP contribution in [0.5, 0.6) is 5.75 Å². The van der Waals surface area contributed by atoms with Crippen LogP contribution in [0.25, 0.3) is 5.76 Å². The van der Waals surface area contributed by atoms with Gasteiger partial charge in [0.2, 0.25) is 0 Å². The zero-order chi connectivity index (χ0) is 22.7. The van der Waals surface area contributed by atoms with Crippen LogP contribution >= 0.6 is 11.6 Å². The Balaban J connectivity index is 1.72. The van der Waals surface area contributed by atoms with Crippen molar-refractivity contribution in [3.63, 3.8) is 0 Å². The summed E-state index contributed by atoms with van der Waals surface area (Å²) in [5.74, 6) is -1.26. The molecule has 1 saturated heterocycles. The molecule has 164 valence electrons. The number of carbonyl (C=O) groups is 2. The molecule has 0 aliphatic carbocycles. The van der Waals surface area contributed by atoms with Gasteiger partial charge in [0.15, 0.2) is 0 Å². The largest absolute Gasteiger partial charge is 0.507 e. The molecular formula is C23H21ClN4O4. The van der Waals surface area contributed by atoms with Crippen molar-refractivity contribution in [2.75, 3.05) is 13.7 Å². The highest BCUT2D eigenvalue weighted by Crippen LogP contribution is 2.40. The number of pyridine rings is 1. The van der Waals surface area contributed by atoms with E-state index in [-0.39, 0.29) is 16.4 Å². The third-order valence-corrected chi connectivity index (χ3v) is 5.64. The zero-order valence-electron chi connectivity index (χ0n) is 17.3. The minimum atomic E-state index is -0.757. The lowest BCUT2D eigenvalue weighted by molar-refractivity contribution is -0.139. The van der Waals surface area contributed by atoms with Gasteiger partial charge in [0, 0.05) is 43.4 Å². The number of nitrogens with zero attached hydrogens (tertiary/aromatic N) is 4. The topological polar surface area (TPSA) is 97.6 Å². The fourth-order valence-electron chi connectivity index (χ4n) is 3.81. The Labute approximate surface area is 189 Å². The van der Waals surface area contributed by atoms with Gasteiger partial charge in [-0.05, 0) is 36.2 Å². The van der Waals surface area contributed by atoms with Crippen LogP contribution in [0.2, 0.25) is 5.02 Å². The number of rotatable bonds is 7. The molecule has 1 fully saturated rings. The van der Waals surface area contributed by atoms with Crippen molar-refractivity contribution in [2.45, 2.75) is 19.0 Å². The Kier molecular flexibility index (Phi) is 6.23. The quantitative estimate of drug-likeness (QED) is 0.335. The van der Waals surface area contributed by atoms with Crippen LogP contribution in [-0.4, -0.2) is 49.9 Å². The number of aryl methyl sites for hydroxylation is 1. The second-order valence-corrected chi connectivity index (χ2v) is 7.69. The highest BCUT2D eigenvalue weighted by Gasteiger charge is 2.45. The van der Waals surface area contributed by atoms with E-state index in [0.717, 1.165) is 0 Å². The summed E-state index contributed by atoms with van der Waals surface area (Å²) in [6, 6.07) is 7.44. The molecule has 1 unspecified atom stereocenters. The van der Waals surface area contributed by atoms with Crippen LogP contribution in [0.3, 0.4) is 0 Å². The van der Waals surface area contributed by atoms with Gasteiger partial charge in [-0.3, -0.25) is 14.6 Å². The number of amides is 1. The number of methoxy groups -OCH3 is 1.